The summed E-state index contributed by atoms with van der Waals surface area (Å²) in [6, 6.07) is 9.04. The van der Waals surface area contributed by atoms with Gasteiger partial charge in [-0.15, -0.1) is 35.0 Å². The van der Waals surface area contributed by atoms with Crippen LogP contribution < -0.4 is 16.3 Å². The smallest absolute Gasteiger partial charge is 0.349 e. The summed E-state index contributed by atoms with van der Waals surface area (Å²) >= 11 is 0. The first kappa shape index (κ1) is 24.6. The molecule has 1 amide bonds. The molecule has 31 heavy (non-hydrogen) atoms. The number of carbonyl (C=O) groups is 1. The molecule has 0 radical (unpaired) electrons. The topological polar surface area (TPSA) is 102 Å². The number of piperidine rings is 1. The van der Waals surface area contributed by atoms with Gasteiger partial charge in [0.25, 0.3) is 5.91 Å². The number of benzene rings is 1. The molecule has 4 rings (SSSR count). The van der Waals surface area contributed by atoms with Gasteiger partial charge in [0.05, 0.1) is 0 Å². The van der Waals surface area contributed by atoms with Crippen molar-refractivity contribution in [3.05, 3.63) is 64.0 Å². The molecule has 1 aromatic carbocycles. The van der Waals surface area contributed by atoms with Gasteiger partial charge in [0, 0.05) is 24.2 Å². The standard InChI is InChI=1S/C21H23N5O3.2ClH/c1-13-11-17(14-7-9-22-10-8-14)29-21(28)18(13)20(27)24-16-5-3-15(4-6-16)19-25-23-12-26(19)2;;/h3-6,11-12,14,22H,7-10H2,1-2H3,(H,24,27);2*1H. The summed E-state index contributed by atoms with van der Waals surface area (Å²) in [6.07, 6.45) is 3.47. The van der Waals surface area contributed by atoms with Gasteiger partial charge in [-0.25, -0.2) is 4.79 Å². The Bertz CT molecular complexity index is 1090. The van der Waals surface area contributed by atoms with Crippen molar-refractivity contribution in [2.75, 3.05) is 18.4 Å². The molecule has 1 saturated heterocycles. The van der Waals surface area contributed by atoms with Crippen LogP contribution in [0.3, 0.4) is 0 Å². The molecule has 3 aromatic rings. The molecule has 0 atom stereocenters. The van der Waals surface area contributed by atoms with Crippen molar-refractivity contribution in [1.82, 2.24) is 20.1 Å². The third-order valence-electron chi connectivity index (χ3n) is 5.25. The molecular formula is C21H25Cl2N5O3. The van der Waals surface area contributed by atoms with Crippen LogP contribution in [0.5, 0.6) is 0 Å². The number of amides is 1. The van der Waals surface area contributed by atoms with Crippen molar-refractivity contribution < 1.29 is 9.21 Å². The van der Waals surface area contributed by atoms with Crippen molar-refractivity contribution in [3.8, 4) is 11.4 Å². The van der Waals surface area contributed by atoms with Gasteiger partial charge < -0.3 is 19.6 Å². The Labute approximate surface area is 192 Å². The second-order valence-electron chi connectivity index (χ2n) is 7.32. The highest BCUT2D eigenvalue weighted by Crippen LogP contribution is 2.26. The first-order valence-electron chi connectivity index (χ1n) is 9.64. The summed E-state index contributed by atoms with van der Waals surface area (Å²) in [5.41, 5.74) is 1.54. The van der Waals surface area contributed by atoms with Crippen LogP contribution in [-0.4, -0.2) is 33.8 Å². The van der Waals surface area contributed by atoms with Crippen molar-refractivity contribution in [2.45, 2.75) is 25.7 Å². The van der Waals surface area contributed by atoms with Gasteiger partial charge in [0.2, 0.25) is 0 Å². The largest absolute Gasteiger partial charge is 0.427 e. The minimum absolute atomic E-state index is 0. The maximum absolute atomic E-state index is 12.7. The molecule has 1 aliphatic rings. The lowest BCUT2D eigenvalue weighted by atomic mass is 9.94. The Morgan fingerprint density at radius 3 is 2.45 bits per heavy atom. The first-order chi connectivity index (χ1) is 14.0. The molecule has 0 unspecified atom stereocenters. The average molecular weight is 466 g/mol. The highest BCUT2D eigenvalue weighted by atomic mass is 35.5. The predicted octanol–water partition coefficient (Wildman–Crippen LogP) is 3.31. The fourth-order valence-corrected chi connectivity index (χ4v) is 3.65. The number of hydrogen-bond donors (Lipinski definition) is 2. The highest BCUT2D eigenvalue weighted by molar-refractivity contribution is 6.05. The Morgan fingerprint density at radius 1 is 1.19 bits per heavy atom. The quantitative estimate of drug-likeness (QED) is 0.612. The Morgan fingerprint density at radius 2 is 1.87 bits per heavy atom. The van der Waals surface area contributed by atoms with Crippen LogP contribution in [0.4, 0.5) is 5.69 Å². The SMILES string of the molecule is Cc1cc(C2CCNCC2)oc(=O)c1C(=O)Nc1ccc(-c2nncn2C)cc1.Cl.Cl. The molecule has 1 aliphatic heterocycles. The van der Waals surface area contributed by atoms with Crippen LogP contribution in [0.2, 0.25) is 0 Å². The monoisotopic (exact) mass is 465 g/mol. The normalized spacial score (nSPS) is 13.7. The molecule has 0 aliphatic carbocycles. The highest BCUT2D eigenvalue weighted by Gasteiger charge is 2.22. The molecule has 0 spiro atoms. The molecule has 2 aromatic heterocycles. The summed E-state index contributed by atoms with van der Waals surface area (Å²) in [5.74, 6) is 1.14. The summed E-state index contributed by atoms with van der Waals surface area (Å²) in [5, 5.41) is 14.0. The zero-order chi connectivity index (χ0) is 20.4. The third kappa shape index (κ3) is 5.33. The number of halogens is 2. The van der Waals surface area contributed by atoms with Crippen molar-refractivity contribution >= 4 is 36.4 Å². The van der Waals surface area contributed by atoms with Crippen molar-refractivity contribution in [3.63, 3.8) is 0 Å². The number of nitrogens with one attached hydrogen (secondary N) is 2. The van der Waals surface area contributed by atoms with E-state index in [1.807, 2.05) is 29.8 Å². The van der Waals surface area contributed by atoms with Gasteiger partial charge in [0.15, 0.2) is 5.82 Å². The van der Waals surface area contributed by atoms with E-state index in [9.17, 15) is 9.59 Å². The van der Waals surface area contributed by atoms with Crippen LogP contribution in [0.15, 0.2) is 45.9 Å². The van der Waals surface area contributed by atoms with E-state index in [1.54, 1.807) is 25.4 Å². The number of rotatable bonds is 4. The van der Waals surface area contributed by atoms with E-state index in [-0.39, 0.29) is 36.3 Å². The van der Waals surface area contributed by atoms with Gasteiger partial charge in [-0.3, -0.25) is 4.79 Å². The van der Waals surface area contributed by atoms with Crippen LogP contribution in [0.1, 0.15) is 40.4 Å². The maximum Gasteiger partial charge on any atom is 0.349 e. The molecule has 2 N–H and O–H groups in total. The van der Waals surface area contributed by atoms with Gasteiger partial charge >= 0.3 is 5.63 Å². The summed E-state index contributed by atoms with van der Waals surface area (Å²) < 4.78 is 7.32. The van der Waals surface area contributed by atoms with Gasteiger partial charge in [-0.2, -0.15) is 0 Å². The second-order valence-corrected chi connectivity index (χ2v) is 7.32. The van der Waals surface area contributed by atoms with Crippen LogP contribution in [-0.2, 0) is 7.05 Å². The fraction of sp³-hybridized carbons (Fsp3) is 0.333. The molecule has 10 heteroatoms. The predicted molar refractivity (Wildman–Crippen MR) is 123 cm³/mol. The minimum Gasteiger partial charge on any atom is -0.427 e. The van der Waals surface area contributed by atoms with E-state index >= 15 is 0 Å². The summed E-state index contributed by atoms with van der Waals surface area (Å²) in [4.78, 5) is 25.2. The first-order valence-corrected chi connectivity index (χ1v) is 9.64. The number of anilines is 1. The lowest BCUT2D eigenvalue weighted by Crippen LogP contribution is -2.28. The fourth-order valence-electron chi connectivity index (χ4n) is 3.65. The van der Waals surface area contributed by atoms with Gasteiger partial charge in [0.1, 0.15) is 17.7 Å². The molecule has 0 bridgehead atoms. The van der Waals surface area contributed by atoms with Crippen LogP contribution >= 0.6 is 24.8 Å². The van der Waals surface area contributed by atoms with Gasteiger partial charge in [-0.05, 0) is 68.8 Å². The number of aromatic nitrogens is 3. The zero-order valence-corrected chi connectivity index (χ0v) is 18.9. The molecule has 0 saturated carbocycles. The van der Waals surface area contributed by atoms with Crippen molar-refractivity contribution in [2.24, 2.45) is 7.05 Å². The Kier molecular flexibility index (Phi) is 8.38. The lowest BCUT2D eigenvalue weighted by molar-refractivity contribution is 0.102. The molecule has 8 nitrogen and oxygen atoms in total. The van der Waals surface area contributed by atoms with Gasteiger partial charge in [-0.1, -0.05) is 0 Å². The zero-order valence-electron chi connectivity index (χ0n) is 17.3. The van der Waals surface area contributed by atoms with E-state index in [4.69, 9.17) is 4.42 Å². The van der Waals surface area contributed by atoms with Crippen LogP contribution in [0.25, 0.3) is 11.4 Å². The second kappa shape index (κ2) is 10.6. The maximum atomic E-state index is 12.7. The minimum atomic E-state index is -0.591. The Balaban J connectivity index is 0.00000171. The van der Waals surface area contributed by atoms with E-state index in [1.165, 1.54) is 0 Å². The number of carbonyl (C=O) groups excluding carboxylic acids is 1. The molecule has 3 heterocycles. The van der Waals surface area contributed by atoms with E-state index in [2.05, 4.69) is 20.8 Å². The Hall–Kier alpha value is -2.68. The molecule has 166 valence electrons. The number of aryl methyl sites for hydroxylation is 2. The summed E-state index contributed by atoms with van der Waals surface area (Å²) in [6.45, 7) is 3.58. The average Bonchev–Trinajstić information content (AvgIpc) is 3.14. The van der Waals surface area contributed by atoms with E-state index < -0.39 is 11.5 Å². The molecule has 1 fully saturated rings. The number of hydrogen-bond acceptors (Lipinski definition) is 6. The summed E-state index contributed by atoms with van der Waals surface area (Å²) in [7, 11) is 1.86. The van der Waals surface area contributed by atoms with Crippen molar-refractivity contribution in [1.29, 1.82) is 0 Å². The lowest BCUT2D eigenvalue weighted by Gasteiger charge is -2.21. The van der Waals surface area contributed by atoms with E-state index in [0.717, 1.165) is 37.3 Å². The third-order valence-corrected chi connectivity index (χ3v) is 5.25. The van der Waals surface area contributed by atoms with E-state index in [0.29, 0.717) is 17.0 Å². The van der Waals surface area contributed by atoms with Crippen LogP contribution in [0, 0.1) is 6.92 Å². The number of nitrogens with zero attached hydrogens (tertiary/aromatic N) is 3. The molecular weight excluding hydrogens is 441 g/mol.